The minimum atomic E-state index is 0.204. The Morgan fingerprint density at radius 1 is 0.923 bits per heavy atom. The van der Waals surface area contributed by atoms with Crippen molar-refractivity contribution < 1.29 is 5.11 Å². The van der Waals surface area contributed by atoms with Gasteiger partial charge in [-0.1, -0.05) is 37.3 Å². The van der Waals surface area contributed by atoms with Crippen LogP contribution in [-0.2, 0) is 6.42 Å². The summed E-state index contributed by atoms with van der Waals surface area (Å²) in [6.07, 6.45) is 2.93. The van der Waals surface area contributed by atoms with E-state index in [1.54, 1.807) is 24.3 Å². The molecule has 5 heteroatoms. The van der Waals surface area contributed by atoms with Crippen LogP contribution < -0.4 is 0 Å². The third kappa shape index (κ3) is 3.07. The Hall–Kier alpha value is -3.47. The molecule has 0 spiro atoms. The highest BCUT2D eigenvalue weighted by atomic mass is 16.3. The Morgan fingerprint density at radius 3 is 2.42 bits per heavy atom. The van der Waals surface area contributed by atoms with Gasteiger partial charge in [0.25, 0.3) is 0 Å². The van der Waals surface area contributed by atoms with Crippen molar-refractivity contribution in [1.82, 2.24) is 9.38 Å². The molecule has 26 heavy (non-hydrogen) atoms. The zero-order valence-corrected chi connectivity index (χ0v) is 14.4. The van der Waals surface area contributed by atoms with Crippen LogP contribution in [0.15, 0.2) is 83.2 Å². The van der Waals surface area contributed by atoms with Crippen molar-refractivity contribution in [3.63, 3.8) is 0 Å². The number of aromatic hydroxyl groups is 1. The Labute approximate surface area is 151 Å². The van der Waals surface area contributed by atoms with E-state index in [-0.39, 0.29) is 5.75 Å². The van der Waals surface area contributed by atoms with E-state index >= 15 is 0 Å². The molecule has 0 aliphatic carbocycles. The maximum atomic E-state index is 9.40. The fourth-order valence-electron chi connectivity index (χ4n) is 2.79. The molecular formula is C21H18N4O. The van der Waals surface area contributed by atoms with Gasteiger partial charge in [-0.25, -0.2) is 4.98 Å². The van der Waals surface area contributed by atoms with Crippen LogP contribution in [0.4, 0.5) is 11.5 Å². The maximum Gasteiger partial charge on any atom is 0.187 e. The molecule has 128 valence electrons. The number of hydrogen-bond donors (Lipinski definition) is 1. The van der Waals surface area contributed by atoms with E-state index in [0.29, 0.717) is 11.5 Å². The van der Waals surface area contributed by atoms with Crippen LogP contribution in [0.3, 0.4) is 0 Å². The van der Waals surface area contributed by atoms with Gasteiger partial charge < -0.3 is 5.11 Å². The van der Waals surface area contributed by atoms with Crippen molar-refractivity contribution in [2.45, 2.75) is 13.3 Å². The number of pyridine rings is 1. The predicted molar refractivity (Wildman–Crippen MR) is 102 cm³/mol. The third-order valence-corrected chi connectivity index (χ3v) is 4.25. The van der Waals surface area contributed by atoms with Crippen LogP contribution in [0.5, 0.6) is 5.75 Å². The van der Waals surface area contributed by atoms with Gasteiger partial charge >= 0.3 is 0 Å². The Balaban J connectivity index is 1.82. The fraction of sp³-hybridized carbons (Fsp3) is 0.0952. The molecule has 0 bridgehead atoms. The SMILES string of the molecule is CCc1ccc(-c2nc3ccccn3c2N=Nc2ccc(O)cc2)cc1. The molecule has 0 fully saturated rings. The lowest BCUT2D eigenvalue weighted by Crippen LogP contribution is -1.83. The summed E-state index contributed by atoms with van der Waals surface area (Å²) in [5.41, 5.74) is 4.57. The van der Waals surface area contributed by atoms with E-state index in [0.717, 1.165) is 23.3 Å². The highest BCUT2D eigenvalue weighted by Crippen LogP contribution is 2.32. The molecule has 0 aliphatic heterocycles. The summed E-state index contributed by atoms with van der Waals surface area (Å²) < 4.78 is 1.92. The first kappa shape index (κ1) is 16.0. The van der Waals surface area contributed by atoms with Crippen LogP contribution >= 0.6 is 0 Å². The van der Waals surface area contributed by atoms with Gasteiger partial charge in [0, 0.05) is 11.8 Å². The van der Waals surface area contributed by atoms with E-state index in [4.69, 9.17) is 4.98 Å². The van der Waals surface area contributed by atoms with Crippen molar-refractivity contribution in [2.24, 2.45) is 10.2 Å². The minimum absolute atomic E-state index is 0.204. The summed E-state index contributed by atoms with van der Waals surface area (Å²) >= 11 is 0. The molecular weight excluding hydrogens is 324 g/mol. The summed E-state index contributed by atoms with van der Waals surface area (Å²) in [6.45, 7) is 2.14. The van der Waals surface area contributed by atoms with Crippen molar-refractivity contribution >= 4 is 17.2 Å². The quantitative estimate of drug-likeness (QED) is 0.485. The number of imidazole rings is 1. The maximum absolute atomic E-state index is 9.40. The summed E-state index contributed by atoms with van der Waals surface area (Å²) in [7, 11) is 0. The largest absolute Gasteiger partial charge is 0.508 e. The molecule has 5 nitrogen and oxygen atoms in total. The number of aromatic nitrogens is 2. The second-order valence-electron chi connectivity index (χ2n) is 5.98. The highest BCUT2D eigenvalue weighted by molar-refractivity contribution is 5.74. The molecule has 0 unspecified atom stereocenters. The van der Waals surface area contributed by atoms with Gasteiger partial charge in [-0.15, -0.1) is 10.2 Å². The van der Waals surface area contributed by atoms with Crippen LogP contribution in [0, 0.1) is 0 Å². The van der Waals surface area contributed by atoms with E-state index in [1.807, 2.05) is 28.8 Å². The number of nitrogens with zero attached hydrogens (tertiary/aromatic N) is 4. The summed E-state index contributed by atoms with van der Waals surface area (Å²) in [6, 6.07) is 20.8. The molecule has 0 radical (unpaired) electrons. The number of fused-ring (bicyclic) bond motifs is 1. The molecule has 2 heterocycles. The van der Waals surface area contributed by atoms with Gasteiger partial charge in [0.2, 0.25) is 0 Å². The van der Waals surface area contributed by atoms with Crippen LogP contribution in [-0.4, -0.2) is 14.5 Å². The molecule has 2 aromatic carbocycles. The lowest BCUT2D eigenvalue weighted by atomic mass is 10.1. The van der Waals surface area contributed by atoms with Gasteiger partial charge in [0.15, 0.2) is 5.82 Å². The summed E-state index contributed by atoms with van der Waals surface area (Å²) in [4.78, 5) is 4.73. The number of phenolic OH excluding ortho intramolecular Hbond substituents is 1. The zero-order valence-electron chi connectivity index (χ0n) is 14.4. The van der Waals surface area contributed by atoms with Crippen molar-refractivity contribution in [2.75, 3.05) is 0 Å². The fourth-order valence-corrected chi connectivity index (χ4v) is 2.79. The van der Waals surface area contributed by atoms with E-state index in [9.17, 15) is 5.11 Å². The van der Waals surface area contributed by atoms with Crippen molar-refractivity contribution in [1.29, 1.82) is 0 Å². The molecule has 0 amide bonds. The highest BCUT2D eigenvalue weighted by Gasteiger charge is 2.13. The topological polar surface area (TPSA) is 62.2 Å². The van der Waals surface area contributed by atoms with Crippen molar-refractivity contribution in [3.8, 4) is 17.0 Å². The zero-order chi connectivity index (χ0) is 17.9. The van der Waals surface area contributed by atoms with E-state index < -0.39 is 0 Å². The second kappa shape index (κ2) is 6.80. The lowest BCUT2D eigenvalue weighted by Gasteiger charge is -2.01. The van der Waals surface area contributed by atoms with Gasteiger partial charge in [0.05, 0.1) is 5.69 Å². The molecule has 0 saturated carbocycles. The van der Waals surface area contributed by atoms with Crippen LogP contribution in [0.1, 0.15) is 12.5 Å². The molecule has 0 saturated heterocycles. The normalized spacial score (nSPS) is 11.4. The number of benzene rings is 2. The smallest absolute Gasteiger partial charge is 0.187 e. The molecule has 2 aromatic heterocycles. The molecule has 0 atom stereocenters. The first-order valence-corrected chi connectivity index (χ1v) is 8.52. The number of phenols is 1. The molecule has 4 rings (SSSR count). The third-order valence-electron chi connectivity index (χ3n) is 4.25. The van der Waals surface area contributed by atoms with Gasteiger partial charge in [-0.3, -0.25) is 4.40 Å². The standard InChI is InChI=1S/C21H18N4O/c1-2-15-6-8-16(9-7-15)20-21(25-14-4-3-5-19(25)22-20)24-23-17-10-12-18(26)13-11-17/h3-14,26H,2H2,1H3. The summed E-state index contributed by atoms with van der Waals surface area (Å²) in [5, 5.41) is 18.2. The number of rotatable bonds is 4. The number of azo groups is 1. The van der Waals surface area contributed by atoms with Crippen LogP contribution in [0.25, 0.3) is 16.9 Å². The number of aryl methyl sites for hydroxylation is 1. The molecule has 4 aromatic rings. The number of hydrogen-bond acceptors (Lipinski definition) is 4. The Bertz CT molecular complexity index is 1060. The second-order valence-corrected chi connectivity index (χ2v) is 5.98. The van der Waals surface area contributed by atoms with E-state index in [2.05, 4.69) is 41.4 Å². The van der Waals surface area contributed by atoms with Gasteiger partial charge in [0.1, 0.15) is 17.1 Å². The van der Waals surface area contributed by atoms with Crippen molar-refractivity contribution in [3.05, 3.63) is 78.5 Å². The monoisotopic (exact) mass is 342 g/mol. The van der Waals surface area contributed by atoms with Gasteiger partial charge in [-0.2, -0.15) is 0 Å². The van der Waals surface area contributed by atoms with Gasteiger partial charge in [-0.05, 0) is 48.4 Å². The van der Waals surface area contributed by atoms with Crippen LogP contribution in [0.2, 0.25) is 0 Å². The molecule has 1 N–H and O–H groups in total. The Morgan fingerprint density at radius 2 is 1.69 bits per heavy atom. The lowest BCUT2D eigenvalue weighted by molar-refractivity contribution is 0.475. The average Bonchev–Trinajstić information content (AvgIpc) is 3.06. The molecule has 0 aliphatic rings. The minimum Gasteiger partial charge on any atom is -0.508 e. The average molecular weight is 342 g/mol. The predicted octanol–water partition coefficient (Wildman–Crippen LogP) is 5.68. The Kier molecular flexibility index (Phi) is 4.19. The van der Waals surface area contributed by atoms with E-state index in [1.165, 1.54) is 5.56 Å². The first-order chi connectivity index (χ1) is 12.7. The first-order valence-electron chi connectivity index (χ1n) is 8.52. The summed E-state index contributed by atoms with van der Waals surface area (Å²) in [5.74, 6) is 0.883.